The lowest BCUT2D eigenvalue weighted by atomic mass is 9.97. The maximum atomic E-state index is 13.5. The van der Waals surface area contributed by atoms with Crippen molar-refractivity contribution in [1.82, 2.24) is 10.3 Å². The molecule has 0 radical (unpaired) electrons. The first kappa shape index (κ1) is 26.0. The van der Waals surface area contributed by atoms with Crippen molar-refractivity contribution in [2.75, 3.05) is 36.3 Å². The van der Waals surface area contributed by atoms with Crippen LogP contribution < -0.4 is 25.6 Å². The number of nitrogens with one attached hydrogen (secondary N) is 1. The van der Waals surface area contributed by atoms with E-state index in [1.54, 1.807) is 18.1 Å². The molecule has 0 unspecified atom stereocenters. The molecular formula is C32H29N6O3S+. The first-order valence-corrected chi connectivity index (χ1v) is 14.7. The predicted molar refractivity (Wildman–Crippen MR) is 165 cm³/mol. The monoisotopic (exact) mass is 577 g/mol. The number of fused-ring (bicyclic) bond motifs is 2. The first-order chi connectivity index (χ1) is 20.6. The molecule has 0 atom stereocenters. The number of carbonyl (C=O) groups excluding carboxylic acids is 1. The van der Waals surface area contributed by atoms with Crippen LogP contribution in [0.2, 0.25) is 0 Å². The normalized spacial score (nSPS) is 13.5. The number of amides is 1. The molecule has 3 aromatic carbocycles. The van der Waals surface area contributed by atoms with Crippen LogP contribution >= 0.6 is 11.3 Å². The van der Waals surface area contributed by atoms with Gasteiger partial charge in [-0.15, -0.1) is 11.3 Å². The highest BCUT2D eigenvalue weighted by Gasteiger charge is 2.26. The quantitative estimate of drug-likeness (QED) is 0.233. The molecule has 210 valence electrons. The third kappa shape index (κ3) is 4.69. The fourth-order valence-corrected chi connectivity index (χ4v) is 6.57. The number of aromatic nitrogens is 3. The lowest BCUT2D eigenvalue weighted by Crippen LogP contribution is -2.60. The average molecular weight is 578 g/mol. The molecule has 9 nitrogen and oxygen atoms in total. The van der Waals surface area contributed by atoms with Crippen molar-refractivity contribution in [2.24, 2.45) is 0 Å². The molecule has 1 aliphatic rings. The van der Waals surface area contributed by atoms with Crippen molar-refractivity contribution in [3.63, 3.8) is 0 Å². The molecule has 0 bridgehead atoms. The van der Waals surface area contributed by atoms with Gasteiger partial charge in [-0.1, -0.05) is 54.6 Å². The first-order valence-electron chi connectivity index (χ1n) is 13.9. The summed E-state index contributed by atoms with van der Waals surface area (Å²) in [6, 6.07) is 24.3. The van der Waals surface area contributed by atoms with E-state index in [0.717, 1.165) is 70.2 Å². The van der Waals surface area contributed by atoms with Crippen LogP contribution in [0.4, 0.5) is 11.6 Å². The Labute approximate surface area is 246 Å². The molecule has 0 spiro atoms. The Bertz CT molecular complexity index is 1920. The number of nitrogen functional groups attached to an aromatic ring is 1. The third-order valence-electron chi connectivity index (χ3n) is 7.69. The van der Waals surface area contributed by atoms with Crippen LogP contribution in [-0.2, 0) is 0 Å². The second kappa shape index (κ2) is 10.8. The van der Waals surface area contributed by atoms with Gasteiger partial charge in [0.15, 0.2) is 0 Å². The number of thiophene rings is 1. The van der Waals surface area contributed by atoms with Gasteiger partial charge in [0.2, 0.25) is 5.27 Å². The summed E-state index contributed by atoms with van der Waals surface area (Å²) in [6.07, 6.45) is 5.10. The van der Waals surface area contributed by atoms with Gasteiger partial charge in [0.1, 0.15) is 15.5 Å². The van der Waals surface area contributed by atoms with Gasteiger partial charge in [0.25, 0.3) is 12.1 Å². The van der Waals surface area contributed by atoms with Gasteiger partial charge in [0, 0.05) is 10.9 Å². The van der Waals surface area contributed by atoms with Crippen molar-refractivity contribution in [2.45, 2.75) is 19.3 Å². The maximum absolute atomic E-state index is 13.5. The van der Waals surface area contributed by atoms with Crippen LogP contribution in [0.25, 0.3) is 43.4 Å². The van der Waals surface area contributed by atoms with Crippen LogP contribution in [0.3, 0.4) is 0 Å². The Morgan fingerprint density at radius 3 is 2.62 bits per heavy atom. The summed E-state index contributed by atoms with van der Waals surface area (Å²) in [4.78, 5) is 21.2. The zero-order valence-electron chi connectivity index (χ0n) is 23.0. The zero-order chi connectivity index (χ0) is 28.6. The summed E-state index contributed by atoms with van der Waals surface area (Å²) >= 11 is 1.26. The molecular weight excluding hydrogens is 548 g/mol. The number of piperidine rings is 1. The number of methoxy groups -OCH3 is 1. The zero-order valence-corrected chi connectivity index (χ0v) is 23.9. The fraction of sp³-hybridized carbons (Fsp3) is 0.188. The minimum absolute atomic E-state index is 0.252. The molecule has 1 saturated heterocycles. The summed E-state index contributed by atoms with van der Waals surface area (Å²) < 4.78 is 10.8. The minimum atomic E-state index is -0.371. The number of nitrogens with two attached hydrogens (primary N) is 1. The van der Waals surface area contributed by atoms with Gasteiger partial charge < -0.3 is 10.5 Å². The van der Waals surface area contributed by atoms with E-state index >= 15 is 0 Å². The van der Waals surface area contributed by atoms with E-state index in [-0.39, 0.29) is 11.8 Å². The van der Waals surface area contributed by atoms with E-state index in [1.165, 1.54) is 17.8 Å². The van der Waals surface area contributed by atoms with E-state index in [2.05, 4.69) is 45.9 Å². The standard InChI is InChI=1S/C32H28N6O3S/c1-40-22-14-12-21(13-15-22)25-18-26(24-11-7-9-20-8-3-4-10-23(20)24)34-32-28(25)29(33)30(42-32)31(39)35-27-19-38(36-41-27)37-16-5-2-6-17-37/h3-4,7-15,18-19H,2,5-6,16-17H2,1H3,(H2-,33,35,36,39)/p+1. The van der Waals surface area contributed by atoms with Crippen LogP contribution in [0.15, 0.2) is 83.5 Å². The van der Waals surface area contributed by atoms with Gasteiger partial charge in [-0.3, -0.25) is 14.6 Å². The molecule has 1 aliphatic heterocycles. The highest BCUT2D eigenvalue weighted by atomic mass is 32.1. The lowest BCUT2D eigenvalue weighted by Gasteiger charge is -2.17. The number of hydrogen-bond acceptors (Lipinski definition) is 8. The largest absolute Gasteiger partial charge is 0.497 e. The molecule has 1 fully saturated rings. The molecule has 42 heavy (non-hydrogen) atoms. The number of ether oxygens (including phenoxy) is 1. The predicted octanol–water partition coefficient (Wildman–Crippen LogP) is 6.02. The number of benzene rings is 3. The fourth-order valence-electron chi connectivity index (χ4n) is 5.55. The van der Waals surface area contributed by atoms with Crippen molar-refractivity contribution < 1.29 is 18.8 Å². The maximum Gasteiger partial charge on any atom is 0.306 e. The van der Waals surface area contributed by atoms with Crippen molar-refractivity contribution in [1.29, 1.82) is 0 Å². The number of nitrogens with zero attached hydrogens (tertiary/aromatic N) is 4. The molecule has 3 aromatic heterocycles. The summed E-state index contributed by atoms with van der Waals surface area (Å²) in [5, 5.41) is 12.0. The highest BCUT2D eigenvalue weighted by Crippen LogP contribution is 2.42. The molecule has 1 amide bonds. The average Bonchev–Trinajstić information content (AvgIpc) is 3.65. The number of pyridine rings is 1. The second-order valence-electron chi connectivity index (χ2n) is 10.3. The Hall–Kier alpha value is -4.96. The summed E-state index contributed by atoms with van der Waals surface area (Å²) in [7, 11) is 1.64. The Morgan fingerprint density at radius 2 is 1.81 bits per heavy atom. The number of carbonyl (C=O) groups is 1. The molecule has 0 aliphatic carbocycles. The number of hydrogen-bond donors (Lipinski definition) is 2. The van der Waals surface area contributed by atoms with Crippen LogP contribution in [-0.4, -0.2) is 36.4 Å². The smallest absolute Gasteiger partial charge is 0.306 e. The van der Waals surface area contributed by atoms with Gasteiger partial charge >= 0.3 is 5.88 Å². The highest BCUT2D eigenvalue weighted by molar-refractivity contribution is 7.21. The molecule has 0 saturated carbocycles. The van der Waals surface area contributed by atoms with Gasteiger partial charge in [-0.2, -0.15) is 5.01 Å². The van der Waals surface area contributed by atoms with Crippen LogP contribution in [0.5, 0.6) is 5.75 Å². The number of rotatable bonds is 6. The Morgan fingerprint density at radius 1 is 1.02 bits per heavy atom. The van der Waals surface area contributed by atoms with E-state index in [9.17, 15) is 4.79 Å². The topological polar surface area (TPSA) is 110 Å². The van der Waals surface area contributed by atoms with Gasteiger partial charge in [-0.25, -0.2) is 4.98 Å². The molecule has 4 heterocycles. The van der Waals surface area contributed by atoms with Crippen LogP contribution in [0.1, 0.15) is 28.9 Å². The molecule has 10 heteroatoms. The SMILES string of the molecule is COc1ccc(-c2cc(-c3cccc4ccccc34)nc3sc(C(=O)Nc4c[n+](N5CCCCC5)no4)c(N)c23)cc1. The van der Waals surface area contributed by atoms with E-state index in [4.69, 9.17) is 20.0 Å². The van der Waals surface area contributed by atoms with Crippen molar-refractivity contribution in [3.05, 3.63) is 83.9 Å². The Balaban J connectivity index is 1.32. The summed E-state index contributed by atoms with van der Waals surface area (Å²) in [6.45, 7) is 1.79. The van der Waals surface area contributed by atoms with E-state index in [1.807, 2.05) is 42.5 Å². The Kier molecular flexibility index (Phi) is 6.67. The van der Waals surface area contributed by atoms with Gasteiger partial charge in [-0.05, 0) is 59.4 Å². The summed E-state index contributed by atoms with van der Waals surface area (Å²) in [5.74, 6) is 0.637. The molecule has 3 N–H and O–H groups in total. The summed E-state index contributed by atoms with van der Waals surface area (Å²) in [5.41, 5.74) is 10.7. The van der Waals surface area contributed by atoms with E-state index < -0.39 is 0 Å². The third-order valence-corrected chi connectivity index (χ3v) is 8.78. The minimum Gasteiger partial charge on any atom is -0.497 e. The lowest BCUT2D eigenvalue weighted by molar-refractivity contribution is -0.759. The molecule has 6 aromatic rings. The van der Waals surface area contributed by atoms with Gasteiger partial charge in [0.05, 0.1) is 36.4 Å². The molecule has 7 rings (SSSR count). The van der Waals surface area contributed by atoms with Crippen molar-refractivity contribution in [3.8, 4) is 28.1 Å². The van der Waals surface area contributed by atoms with E-state index in [0.29, 0.717) is 15.4 Å². The van der Waals surface area contributed by atoms with Crippen molar-refractivity contribution >= 4 is 49.8 Å². The van der Waals surface area contributed by atoms with Crippen LogP contribution in [0, 0.1) is 0 Å². The number of anilines is 2. The second-order valence-corrected chi connectivity index (χ2v) is 11.3.